The fourth-order valence-corrected chi connectivity index (χ4v) is 2.80. The lowest BCUT2D eigenvalue weighted by atomic mass is 10.2. The second-order valence-corrected chi connectivity index (χ2v) is 6.14. The van der Waals surface area contributed by atoms with Crippen LogP contribution in [0.5, 0.6) is 0 Å². The number of hydrogen-bond acceptors (Lipinski definition) is 4. The Morgan fingerprint density at radius 3 is 2.41 bits per heavy atom. The third-order valence-corrected chi connectivity index (χ3v) is 4.11. The Morgan fingerprint density at radius 1 is 1.18 bits per heavy atom. The molecule has 5 nitrogen and oxygen atoms in total. The van der Waals surface area contributed by atoms with E-state index < -0.39 is 0 Å². The van der Waals surface area contributed by atoms with E-state index in [1.807, 2.05) is 54.2 Å². The van der Waals surface area contributed by atoms with Crippen molar-refractivity contribution < 1.29 is 9.59 Å². The van der Waals surface area contributed by atoms with Crippen LogP contribution in [0.2, 0.25) is 0 Å². The molecule has 1 unspecified atom stereocenters. The number of amides is 1. The summed E-state index contributed by atoms with van der Waals surface area (Å²) in [6.45, 7) is 3.64. The molecular weight excluding hydrogens is 278 g/mol. The first-order chi connectivity index (χ1) is 10.5. The van der Waals surface area contributed by atoms with Gasteiger partial charge in [0.1, 0.15) is 5.78 Å². The molecule has 0 aromatic heterocycles. The van der Waals surface area contributed by atoms with Crippen LogP contribution in [0, 0.1) is 0 Å². The second kappa shape index (κ2) is 7.40. The fraction of sp³-hybridized carbons (Fsp3) is 0.529. The first kappa shape index (κ1) is 16.5. The van der Waals surface area contributed by atoms with Crippen molar-refractivity contribution in [3.63, 3.8) is 0 Å². The lowest BCUT2D eigenvalue weighted by Gasteiger charge is -2.26. The number of likely N-dealkylation sites (tertiary alicyclic amines) is 1. The molecule has 1 aromatic rings. The average Bonchev–Trinajstić information content (AvgIpc) is 2.97. The lowest BCUT2D eigenvalue weighted by molar-refractivity contribution is -0.128. The number of nitrogens with zero attached hydrogens (tertiary/aromatic N) is 3. The molecule has 1 amide bonds. The monoisotopic (exact) mass is 303 g/mol. The summed E-state index contributed by atoms with van der Waals surface area (Å²) >= 11 is 0. The van der Waals surface area contributed by atoms with E-state index in [9.17, 15) is 9.59 Å². The Morgan fingerprint density at radius 2 is 1.86 bits per heavy atom. The number of hydrogen-bond donors (Lipinski definition) is 0. The van der Waals surface area contributed by atoms with E-state index in [4.69, 9.17) is 0 Å². The van der Waals surface area contributed by atoms with Gasteiger partial charge >= 0.3 is 0 Å². The van der Waals surface area contributed by atoms with Crippen molar-refractivity contribution >= 4 is 17.4 Å². The zero-order valence-electron chi connectivity index (χ0n) is 13.7. The summed E-state index contributed by atoms with van der Waals surface area (Å²) in [5.74, 6) is 0.152. The van der Waals surface area contributed by atoms with Gasteiger partial charge in [-0.2, -0.15) is 0 Å². The van der Waals surface area contributed by atoms with Crippen molar-refractivity contribution in [1.82, 2.24) is 9.80 Å². The maximum atomic E-state index is 12.5. The molecular formula is C17H25N3O2. The van der Waals surface area contributed by atoms with Gasteiger partial charge in [-0.25, -0.2) is 0 Å². The first-order valence-corrected chi connectivity index (χ1v) is 7.71. The average molecular weight is 303 g/mol. The first-order valence-electron chi connectivity index (χ1n) is 7.71. The van der Waals surface area contributed by atoms with Crippen LogP contribution < -0.4 is 4.90 Å². The molecule has 1 saturated heterocycles. The number of rotatable bonds is 6. The number of carbonyl (C=O) groups is 2. The van der Waals surface area contributed by atoms with Gasteiger partial charge in [0.2, 0.25) is 5.91 Å². The summed E-state index contributed by atoms with van der Waals surface area (Å²) in [4.78, 5) is 30.0. The molecule has 1 fully saturated rings. The summed E-state index contributed by atoms with van der Waals surface area (Å²) in [5.41, 5.74) is 0.911. The van der Waals surface area contributed by atoms with Crippen LogP contribution in [-0.2, 0) is 9.59 Å². The molecule has 2 rings (SSSR count). The van der Waals surface area contributed by atoms with Crippen LogP contribution in [0.15, 0.2) is 30.3 Å². The molecule has 120 valence electrons. The van der Waals surface area contributed by atoms with Crippen LogP contribution in [0.4, 0.5) is 5.69 Å². The highest BCUT2D eigenvalue weighted by atomic mass is 16.2. The van der Waals surface area contributed by atoms with Crippen molar-refractivity contribution in [2.75, 3.05) is 45.2 Å². The number of ketones is 1. The molecule has 1 aromatic carbocycles. The van der Waals surface area contributed by atoms with Crippen molar-refractivity contribution in [2.45, 2.75) is 19.4 Å². The summed E-state index contributed by atoms with van der Waals surface area (Å²) in [5, 5.41) is 0. The maximum absolute atomic E-state index is 12.5. The quantitative estimate of drug-likeness (QED) is 0.793. The predicted molar refractivity (Wildman–Crippen MR) is 88.0 cm³/mol. The number of likely N-dealkylation sites (N-methyl/N-ethyl adjacent to an activating group) is 1. The Balaban J connectivity index is 2.01. The molecule has 5 heteroatoms. The molecule has 0 aliphatic carbocycles. The van der Waals surface area contributed by atoms with Crippen LogP contribution in [0.3, 0.4) is 0 Å². The maximum Gasteiger partial charge on any atom is 0.242 e. The summed E-state index contributed by atoms with van der Waals surface area (Å²) in [7, 11) is 4.09. The summed E-state index contributed by atoms with van der Waals surface area (Å²) in [6, 6.07) is 10.1. The van der Waals surface area contributed by atoms with Gasteiger partial charge in [0.15, 0.2) is 0 Å². The Hall–Kier alpha value is -1.88. The zero-order chi connectivity index (χ0) is 16.1. The molecule has 0 radical (unpaired) electrons. The summed E-state index contributed by atoms with van der Waals surface area (Å²) < 4.78 is 0. The minimum Gasteiger partial charge on any atom is -0.355 e. The Bertz CT molecular complexity index is 516. The van der Waals surface area contributed by atoms with E-state index in [-0.39, 0.29) is 24.8 Å². The third kappa shape index (κ3) is 4.31. The molecule has 0 bridgehead atoms. The number of carbonyl (C=O) groups excluding carboxylic acids is 2. The van der Waals surface area contributed by atoms with E-state index in [2.05, 4.69) is 4.90 Å². The Kier molecular flexibility index (Phi) is 5.55. The molecule has 0 spiro atoms. The Labute approximate surface area is 132 Å². The number of anilines is 1. The van der Waals surface area contributed by atoms with E-state index >= 15 is 0 Å². The number of para-hydroxylation sites is 1. The highest BCUT2D eigenvalue weighted by Crippen LogP contribution is 2.16. The van der Waals surface area contributed by atoms with Crippen LogP contribution >= 0.6 is 0 Å². The van der Waals surface area contributed by atoms with E-state index in [0.717, 1.165) is 25.2 Å². The van der Waals surface area contributed by atoms with Crippen molar-refractivity contribution in [3.05, 3.63) is 30.3 Å². The molecule has 1 aliphatic rings. The number of Topliss-reactive ketones (excluding diaryl/α,β-unsaturated/α-hetero) is 1. The SMILES string of the molecule is CC(=O)CN(CC(=O)N1CCC(N(C)C)C1)c1ccccc1. The van der Waals surface area contributed by atoms with E-state index in [0.29, 0.717) is 6.04 Å². The van der Waals surface area contributed by atoms with Crippen LogP contribution in [-0.4, -0.2) is 67.8 Å². The predicted octanol–water partition coefficient (Wildman–Crippen LogP) is 1.24. The van der Waals surface area contributed by atoms with Gasteiger partial charge in [-0.15, -0.1) is 0 Å². The molecule has 22 heavy (non-hydrogen) atoms. The van der Waals surface area contributed by atoms with E-state index in [1.165, 1.54) is 0 Å². The topological polar surface area (TPSA) is 43.9 Å². The van der Waals surface area contributed by atoms with Gasteiger partial charge in [0.05, 0.1) is 13.1 Å². The van der Waals surface area contributed by atoms with Crippen molar-refractivity contribution in [1.29, 1.82) is 0 Å². The lowest BCUT2D eigenvalue weighted by Crippen LogP contribution is -2.42. The van der Waals surface area contributed by atoms with Gasteiger partial charge < -0.3 is 14.7 Å². The highest BCUT2D eigenvalue weighted by Gasteiger charge is 2.28. The largest absolute Gasteiger partial charge is 0.355 e. The minimum absolute atomic E-state index is 0.0595. The molecule has 1 atom stereocenters. The highest BCUT2D eigenvalue weighted by molar-refractivity contribution is 5.86. The normalized spacial score (nSPS) is 17.8. The van der Waals surface area contributed by atoms with Crippen molar-refractivity contribution in [3.8, 4) is 0 Å². The molecule has 1 aliphatic heterocycles. The third-order valence-electron chi connectivity index (χ3n) is 4.11. The fourth-order valence-electron chi connectivity index (χ4n) is 2.80. The van der Waals surface area contributed by atoms with Crippen LogP contribution in [0.1, 0.15) is 13.3 Å². The number of benzene rings is 1. The van der Waals surface area contributed by atoms with Gasteiger partial charge in [-0.3, -0.25) is 9.59 Å². The van der Waals surface area contributed by atoms with Gasteiger partial charge in [-0.1, -0.05) is 18.2 Å². The van der Waals surface area contributed by atoms with E-state index in [1.54, 1.807) is 6.92 Å². The smallest absolute Gasteiger partial charge is 0.242 e. The van der Waals surface area contributed by atoms with Gasteiger partial charge in [-0.05, 0) is 39.6 Å². The van der Waals surface area contributed by atoms with Gasteiger partial charge in [0.25, 0.3) is 0 Å². The van der Waals surface area contributed by atoms with Crippen LogP contribution in [0.25, 0.3) is 0 Å². The molecule has 0 N–H and O–H groups in total. The minimum atomic E-state index is 0.0595. The molecule has 1 heterocycles. The second-order valence-electron chi connectivity index (χ2n) is 6.14. The van der Waals surface area contributed by atoms with Crippen molar-refractivity contribution in [2.24, 2.45) is 0 Å². The molecule has 0 saturated carbocycles. The standard InChI is InChI=1S/C17H25N3O2/c1-14(21)11-20(15-7-5-4-6-8-15)13-17(22)19-10-9-16(12-19)18(2)3/h4-8,16H,9-13H2,1-3H3. The van der Waals surface area contributed by atoms with Gasteiger partial charge in [0, 0.05) is 24.8 Å². The summed E-state index contributed by atoms with van der Waals surface area (Å²) in [6.07, 6.45) is 1.01. The zero-order valence-corrected chi connectivity index (χ0v) is 13.7.